The minimum absolute atomic E-state index is 0.00500. The number of halogens is 6. The number of amides is 2. The molecule has 0 aliphatic heterocycles. The molecule has 35 heavy (non-hydrogen) atoms. The Morgan fingerprint density at radius 2 is 1.66 bits per heavy atom. The lowest BCUT2D eigenvalue weighted by atomic mass is 10.1. The van der Waals surface area contributed by atoms with Crippen LogP contribution in [-0.4, -0.2) is 16.1 Å². The van der Waals surface area contributed by atoms with Crippen molar-refractivity contribution in [3.63, 3.8) is 0 Å². The Bertz CT molecular complexity index is 1390. The topological polar surface area (TPSA) is 82.0 Å². The fourth-order valence-corrected chi connectivity index (χ4v) is 5.33. The van der Waals surface area contributed by atoms with Crippen molar-refractivity contribution in [3.05, 3.63) is 92.2 Å². The summed E-state index contributed by atoms with van der Waals surface area (Å²) in [6.45, 7) is 0. The van der Waals surface area contributed by atoms with Crippen LogP contribution in [0.1, 0.15) is 27.4 Å². The summed E-state index contributed by atoms with van der Waals surface area (Å²) >= 11 is 31.1. The molecule has 2 unspecified atom stereocenters. The molecule has 178 valence electrons. The summed E-state index contributed by atoms with van der Waals surface area (Å²) in [6.07, 6.45) is 0. The summed E-state index contributed by atoms with van der Waals surface area (Å²) in [5.74, 6) is -3.31. The lowest BCUT2D eigenvalue weighted by Crippen LogP contribution is -2.18. The second kappa shape index (κ2) is 9.85. The van der Waals surface area contributed by atoms with Gasteiger partial charge in [0.15, 0.2) is 0 Å². The van der Waals surface area contributed by atoms with E-state index < -0.39 is 33.8 Å². The summed E-state index contributed by atoms with van der Waals surface area (Å²) in [5, 5.41) is 15.2. The maximum atomic E-state index is 13.8. The highest BCUT2D eigenvalue weighted by atomic mass is 35.5. The molecule has 0 heterocycles. The fourth-order valence-electron chi connectivity index (χ4n) is 3.75. The zero-order chi connectivity index (χ0) is 25.5. The van der Waals surface area contributed by atoms with E-state index in [0.717, 1.165) is 6.07 Å². The second-order valence-electron chi connectivity index (χ2n) is 7.74. The highest BCUT2D eigenvalue weighted by molar-refractivity contribution is 6.53. The number of carbonyl (C=O) groups is 2. The molecule has 0 radical (unpaired) electrons. The number of carbonyl (C=O) groups excluding carboxylic acids is 2. The lowest BCUT2D eigenvalue weighted by molar-refractivity contribution is -0.117. The highest BCUT2D eigenvalue weighted by Gasteiger charge is 2.67. The van der Waals surface area contributed by atoms with Crippen LogP contribution >= 0.6 is 58.0 Å². The summed E-state index contributed by atoms with van der Waals surface area (Å²) in [6, 6.07) is 14.6. The van der Waals surface area contributed by atoms with Gasteiger partial charge >= 0.3 is 0 Å². The molecule has 1 aliphatic rings. The predicted molar refractivity (Wildman–Crippen MR) is 136 cm³/mol. The van der Waals surface area contributed by atoms with Gasteiger partial charge in [-0.25, -0.2) is 4.39 Å². The highest BCUT2D eigenvalue weighted by Crippen LogP contribution is 2.65. The van der Waals surface area contributed by atoms with Crippen LogP contribution in [-0.2, 0) is 4.79 Å². The smallest absolute Gasteiger partial charge is 0.257 e. The molecule has 0 bridgehead atoms. The van der Waals surface area contributed by atoms with Gasteiger partial charge in [0.05, 0.1) is 22.2 Å². The zero-order valence-corrected chi connectivity index (χ0v) is 21.2. The van der Waals surface area contributed by atoms with Gasteiger partial charge in [0.2, 0.25) is 5.91 Å². The third-order valence-electron chi connectivity index (χ3n) is 5.43. The largest absolute Gasteiger partial charge is 0.326 e. The molecule has 3 aromatic rings. The van der Waals surface area contributed by atoms with Gasteiger partial charge in [0, 0.05) is 21.7 Å². The first-order valence-corrected chi connectivity index (χ1v) is 11.9. The Hall–Kier alpha value is -2.53. The number of benzene rings is 3. The average Bonchev–Trinajstić information content (AvgIpc) is 3.36. The van der Waals surface area contributed by atoms with Gasteiger partial charge in [-0.05, 0) is 54.1 Å². The van der Waals surface area contributed by atoms with E-state index >= 15 is 0 Å². The van der Waals surface area contributed by atoms with Gasteiger partial charge in [-0.3, -0.25) is 9.59 Å². The van der Waals surface area contributed by atoms with E-state index in [4.69, 9.17) is 63.3 Å². The van der Waals surface area contributed by atoms with Crippen LogP contribution in [0.25, 0.3) is 0 Å². The fraction of sp³-hybridized carbons (Fsp3) is 0.125. The SMILES string of the molecule is N#Cc1c(F)cccc1NC(=O)c1cc(NC(=O)C2C(c3cc(Cl)cc(Cl)c3)C2(Cl)Cl)ccc1Cl. The molecule has 0 aromatic heterocycles. The molecule has 2 N–H and O–H groups in total. The van der Waals surface area contributed by atoms with E-state index in [9.17, 15) is 14.0 Å². The van der Waals surface area contributed by atoms with Crippen molar-refractivity contribution in [1.29, 1.82) is 5.26 Å². The number of rotatable bonds is 5. The normalized spacial score (nSPS) is 17.9. The Morgan fingerprint density at radius 3 is 2.31 bits per heavy atom. The number of nitriles is 1. The third-order valence-corrected chi connectivity index (χ3v) is 7.14. The zero-order valence-electron chi connectivity index (χ0n) is 17.4. The van der Waals surface area contributed by atoms with Crippen LogP contribution in [0.5, 0.6) is 0 Å². The van der Waals surface area contributed by atoms with Crippen molar-refractivity contribution in [1.82, 2.24) is 0 Å². The summed E-state index contributed by atoms with van der Waals surface area (Å²) in [4.78, 5) is 25.8. The van der Waals surface area contributed by atoms with E-state index in [2.05, 4.69) is 10.6 Å². The Balaban J connectivity index is 1.53. The molecule has 5 nitrogen and oxygen atoms in total. The number of alkyl halides is 2. The van der Waals surface area contributed by atoms with Crippen molar-refractivity contribution >= 4 is 81.2 Å². The van der Waals surface area contributed by atoms with Crippen LogP contribution in [0, 0.1) is 23.1 Å². The van der Waals surface area contributed by atoms with E-state index in [0.29, 0.717) is 15.6 Å². The van der Waals surface area contributed by atoms with Gasteiger partial charge in [0.1, 0.15) is 21.8 Å². The molecule has 1 saturated carbocycles. The van der Waals surface area contributed by atoms with Crippen molar-refractivity contribution in [2.24, 2.45) is 5.92 Å². The molecule has 1 fully saturated rings. The van der Waals surface area contributed by atoms with Gasteiger partial charge in [-0.15, -0.1) is 23.2 Å². The van der Waals surface area contributed by atoms with Gasteiger partial charge in [-0.2, -0.15) is 5.26 Å². The molecular weight excluding hydrogens is 559 g/mol. The van der Waals surface area contributed by atoms with Crippen LogP contribution in [0.4, 0.5) is 15.8 Å². The van der Waals surface area contributed by atoms with Crippen molar-refractivity contribution in [3.8, 4) is 6.07 Å². The van der Waals surface area contributed by atoms with Crippen molar-refractivity contribution in [2.75, 3.05) is 10.6 Å². The third kappa shape index (κ3) is 5.20. The molecule has 2 atom stereocenters. The summed E-state index contributed by atoms with van der Waals surface area (Å²) < 4.78 is 12.5. The maximum Gasteiger partial charge on any atom is 0.257 e. The molecule has 4 rings (SSSR count). The molecule has 0 saturated heterocycles. The van der Waals surface area contributed by atoms with Crippen LogP contribution in [0.2, 0.25) is 15.1 Å². The summed E-state index contributed by atoms with van der Waals surface area (Å²) in [7, 11) is 0. The van der Waals surface area contributed by atoms with E-state index in [1.807, 2.05) is 0 Å². The standard InChI is InChI=1S/C24H13Cl5FN3O2/c25-12-6-11(7-13(26)8-12)20-21(24(20,28)29)23(35)32-14-4-5-17(27)15(9-14)22(34)33-19-3-1-2-18(30)16(19)10-31/h1-9,20-21H,(H,32,35)(H,33,34). The van der Waals surface area contributed by atoms with Crippen LogP contribution in [0.15, 0.2) is 54.6 Å². The van der Waals surface area contributed by atoms with Gasteiger partial charge < -0.3 is 10.6 Å². The van der Waals surface area contributed by atoms with Crippen molar-refractivity contribution in [2.45, 2.75) is 10.3 Å². The summed E-state index contributed by atoms with van der Waals surface area (Å²) in [5.41, 5.74) is 0.533. The number of hydrogen-bond acceptors (Lipinski definition) is 3. The lowest BCUT2D eigenvalue weighted by Gasteiger charge is -2.11. The molecule has 11 heteroatoms. The Labute approximate surface area is 224 Å². The quantitative estimate of drug-likeness (QED) is 0.313. The number of anilines is 2. The van der Waals surface area contributed by atoms with Crippen LogP contribution in [0.3, 0.4) is 0 Å². The number of hydrogen-bond donors (Lipinski definition) is 2. The molecule has 0 spiro atoms. The average molecular weight is 572 g/mol. The maximum absolute atomic E-state index is 13.8. The number of nitrogens with zero attached hydrogens (tertiary/aromatic N) is 1. The number of nitrogens with one attached hydrogen (secondary N) is 2. The van der Waals surface area contributed by atoms with E-state index in [1.54, 1.807) is 24.3 Å². The molecule has 2 amide bonds. The van der Waals surface area contributed by atoms with Gasteiger partial charge in [0.25, 0.3) is 5.91 Å². The monoisotopic (exact) mass is 569 g/mol. The van der Waals surface area contributed by atoms with Crippen LogP contribution < -0.4 is 10.6 Å². The minimum Gasteiger partial charge on any atom is -0.326 e. The second-order valence-corrected chi connectivity index (χ2v) is 10.5. The van der Waals surface area contributed by atoms with Gasteiger partial charge in [-0.1, -0.05) is 40.9 Å². The molecule has 3 aromatic carbocycles. The predicted octanol–water partition coefficient (Wildman–Crippen LogP) is 7.44. The molecular formula is C24H13Cl5FN3O2. The van der Waals surface area contributed by atoms with E-state index in [-0.39, 0.29) is 27.5 Å². The Morgan fingerprint density at radius 1 is 0.971 bits per heavy atom. The first-order chi connectivity index (χ1) is 16.5. The first-order valence-electron chi connectivity index (χ1n) is 9.97. The first kappa shape index (κ1) is 25.6. The minimum atomic E-state index is -1.38. The Kier molecular flexibility index (Phi) is 7.19. The van der Waals surface area contributed by atoms with E-state index in [1.165, 1.54) is 30.3 Å². The van der Waals surface area contributed by atoms with Crippen molar-refractivity contribution < 1.29 is 14.0 Å². The molecule has 1 aliphatic carbocycles.